The molecule has 0 unspecified atom stereocenters. The molecule has 0 aliphatic heterocycles. The van der Waals surface area contributed by atoms with E-state index in [2.05, 4.69) is 15.2 Å². The Morgan fingerprint density at radius 3 is 2.58 bits per heavy atom. The SMILES string of the molecule is O=C([O-])c1ccc2[nH]nc(-c3ccncc3)c2c1.[K+]. The summed E-state index contributed by atoms with van der Waals surface area (Å²) >= 11 is 0. The van der Waals surface area contributed by atoms with E-state index in [0.717, 1.165) is 16.5 Å². The zero-order chi connectivity index (χ0) is 12.5. The van der Waals surface area contributed by atoms with Crippen LogP contribution < -0.4 is 56.5 Å². The predicted octanol–water partition coefficient (Wildman–Crippen LogP) is -2.01. The van der Waals surface area contributed by atoms with Gasteiger partial charge in [0, 0.05) is 23.3 Å². The Balaban J connectivity index is 0.00000133. The molecule has 6 heteroatoms. The molecule has 1 N–H and O–H groups in total. The molecular weight excluding hydrogens is 269 g/mol. The smallest absolute Gasteiger partial charge is 0.545 e. The summed E-state index contributed by atoms with van der Waals surface area (Å²) < 4.78 is 0. The second-order valence-electron chi connectivity index (χ2n) is 3.86. The summed E-state index contributed by atoms with van der Waals surface area (Å²) in [7, 11) is 0. The molecule has 0 amide bonds. The first-order chi connectivity index (χ1) is 8.75. The number of H-pyrrole nitrogens is 1. The van der Waals surface area contributed by atoms with Crippen molar-refractivity contribution in [2.24, 2.45) is 0 Å². The van der Waals surface area contributed by atoms with Crippen LogP contribution in [-0.2, 0) is 0 Å². The Bertz CT molecular complexity index is 725. The van der Waals surface area contributed by atoms with Crippen molar-refractivity contribution in [2.45, 2.75) is 0 Å². The first kappa shape index (κ1) is 14.4. The molecule has 0 bridgehead atoms. The van der Waals surface area contributed by atoms with Gasteiger partial charge in [-0.25, -0.2) is 0 Å². The van der Waals surface area contributed by atoms with E-state index in [4.69, 9.17) is 0 Å². The number of carbonyl (C=O) groups excluding carboxylic acids is 1. The summed E-state index contributed by atoms with van der Waals surface area (Å²) in [6.07, 6.45) is 3.33. The summed E-state index contributed by atoms with van der Waals surface area (Å²) in [6, 6.07) is 8.37. The minimum absolute atomic E-state index is 0. The topological polar surface area (TPSA) is 81.7 Å². The maximum atomic E-state index is 10.9. The molecule has 0 radical (unpaired) electrons. The van der Waals surface area contributed by atoms with Gasteiger partial charge in [-0.15, -0.1) is 0 Å². The molecule has 0 aliphatic carbocycles. The fraction of sp³-hybridized carbons (Fsp3) is 0. The van der Waals surface area contributed by atoms with Crippen LogP contribution in [0.5, 0.6) is 0 Å². The van der Waals surface area contributed by atoms with Gasteiger partial charge in [0.05, 0.1) is 11.5 Å². The molecule has 5 nitrogen and oxygen atoms in total. The van der Waals surface area contributed by atoms with Gasteiger partial charge in [-0.2, -0.15) is 5.10 Å². The number of carboxylic acids is 1. The van der Waals surface area contributed by atoms with Crippen LogP contribution >= 0.6 is 0 Å². The Hall–Kier alpha value is -1.05. The fourth-order valence-corrected chi connectivity index (χ4v) is 1.87. The number of aromatic amines is 1. The normalized spacial score (nSPS) is 10.1. The minimum atomic E-state index is -1.20. The quantitative estimate of drug-likeness (QED) is 0.549. The summed E-state index contributed by atoms with van der Waals surface area (Å²) in [5.41, 5.74) is 2.51. The van der Waals surface area contributed by atoms with Gasteiger partial charge in [0.2, 0.25) is 0 Å². The molecular formula is C13H8KN3O2. The van der Waals surface area contributed by atoms with Crippen LogP contribution in [0.25, 0.3) is 22.2 Å². The molecule has 19 heavy (non-hydrogen) atoms. The number of pyridine rings is 1. The first-order valence-electron chi connectivity index (χ1n) is 5.35. The van der Waals surface area contributed by atoms with E-state index in [9.17, 15) is 9.90 Å². The van der Waals surface area contributed by atoms with Gasteiger partial charge < -0.3 is 9.90 Å². The number of rotatable bonds is 2. The number of aromatic nitrogens is 3. The molecule has 88 valence electrons. The van der Waals surface area contributed by atoms with Crippen LogP contribution in [0.1, 0.15) is 10.4 Å². The van der Waals surface area contributed by atoms with Crippen molar-refractivity contribution in [2.75, 3.05) is 0 Å². The monoisotopic (exact) mass is 277 g/mol. The number of nitrogens with zero attached hydrogens (tertiary/aromatic N) is 2. The molecule has 1 aromatic carbocycles. The van der Waals surface area contributed by atoms with E-state index in [1.165, 1.54) is 6.07 Å². The first-order valence-corrected chi connectivity index (χ1v) is 5.35. The van der Waals surface area contributed by atoms with E-state index < -0.39 is 5.97 Å². The second-order valence-corrected chi connectivity index (χ2v) is 3.86. The molecule has 0 fully saturated rings. The zero-order valence-corrected chi connectivity index (χ0v) is 13.4. The third-order valence-corrected chi connectivity index (χ3v) is 2.75. The molecule has 3 rings (SSSR count). The molecule has 2 heterocycles. The standard InChI is InChI=1S/C13H9N3O2.K/c17-13(18)9-1-2-11-10(7-9)12(16-15-11)8-3-5-14-6-4-8;/h1-7H,(H,15,16)(H,17,18);/q;+1/p-1. The zero-order valence-electron chi connectivity index (χ0n) is 10.3. The fourth-order valence-electron chi connectivity index (χ4n) is 1.87. The number of carbonyl (C=O) groups is 1. The third kappa shape index (κ3) is 2.77. The van der Waals surface area contributed by atoms with Gasteiger partial charge in [-0.1, -0.05) is 6.07 Å². The van der Waals surface area contributed by atoms with Crippen LogP contribution in [0, 0.1) is 0 Å². The van der Waals surface area contributed by atoms with E-state index >= 15 is 0 Å². The van der Waals surface area contributed by atoms with E-state index in [0.29, 0.717) is 5.69 Å². The Kier molecular flexibility index (Phi) is 4.48. The predicted molar refractivity (Wildman–Crippen MR) is 63.7 cm³/mol. The number of fused-ring (bicyclic) bond motifs is 1. The Morgan fingerprint density at radius 1 is 1.16 bits per heavy atom. The number of hydrogen-bond acceptors (Lipinski definition) is 4. The summed E-state index contributed by atoms with van der Waals surface area (Å²) in [6.45, 7) is 0. The van der Waals surface area contributed by atoms with Crippen LogP contribution in [0.3, 0.4) is 0 Å². The van der Waals surface area contributed by atoms with Crippen molar-refractivity contribution in [3.8, 4) is 11.3 Å². The molecule has 0 aliphatic rings. The molecule has 3 aromatic rings. The second kappa shape index (κ2) is 5.93. The Morgan fingerprint density at radius 2 is 1.89 bits per heavy atom. The van der Waals surface area contributed by atoms with Gasteiger partial charge in [-0.3, -0.25) is 10.1 Å². The van der Waals surface area contributed by atoms with E-state index in [1.54, 1.807) is 24.5 Å². The van der Waals surface area contributed by atoms with Crippen molar-refractivity contribution in [3.05, 3.63) is 48.3 Å². The molecule has 0 saturated carbocycles. The molecule has 0 spiro atoms. The van der Waals surface area contributed by atoms with Crippen molar-refractivity contribution in [3.63, 3.8) is 0 Å². The number of nitrogens with one attached hydrogen (secondary N) is 1. The van der Waals surface area contributed by atoms with Crippen molar-refractivity contribution < 1.29 is 61.3 Å². The van der Waals surface area contributed by atoms with Gasteiger partial charge in [0.15, 0.2) is 0 Å². The van der Waals surface area contributed by atoms with Crippen LogP contribution in [0.15, 0.2) is 42.7 Å². The summed E-state index contributed by atoms with van der Waals surface area (Å²) in [4.78, 5) is 14.8. The van der Waals surface area contributed by atoms with Gasteiger partial charge in [-0.05, 0) is 29.8 Å². The largest absolute Gasteiger partial charge is 1.00 e. The van der Waals surface area contributed by atoms with E-state index in [1.807, 2.05) is 12.1 Å². The number of benzene rings is 1. The average Bonchev–Trinajstić information content (AvgIpc) is 2.82. The van der Waals surface area contributed by atoms with Gasteiger partial charge in [0.25, 0.3) is 0 Å². The molecule has 2 aromatic heterocycles. The maximum absolute atomic E-state index is 10.9. The summed E-state index contributed by atoms with van der Waals surface area (Å²) in [5.74, 6) is -1.20. The molecule has 0 atom stereocenters. The van der Waals surface area contributed by atoms with Crippen LogP contribution in [0.2, 0.25) is 0 Å². The maximum Gasteiger partial charge on any atom is 1.00 e. The van der Waals surface area contributed by atoms with Crippen molar-refractivity contribution >= 4 is 16.9 Å². The molecule has 0 saturated heterocycles. The number of carboxylic acid groups (broad SMARTS) is 1. The van der Waals surface area contributed by atoms with E-state index in [-0.39, 0.29) is 56.9 Å². The summed E-state index contributed by atoms with van der Waals surface area (Å²) in [5, 5.41) is 18.7. The minimum Gasteiger partial charge on any atom is -0.545 e. The van der Waals surface area contributed by atoms with Crippen LogP contribution in [0.4, 0.5) is 0 Å². The van der Waals surface area contributed by atoms with Gasteiger partial charge in [0.1, 0.15) is 5.69 Å². The van der Waals surface area contributed by atoms with Crippen molar-refractivity contribution in [1.82, 2.24) is 15.2 Å². The number of hydrogen-bond donors (Lipinski definition) is 1. The van der Waals surface area contributed by atoms with Crippen LogP contribution in [-0.4, -0.2) is 21.2 Å². The van der Waals surface area contributed by atoms with Gasteiger partial charge >= 0.3 is 51.4 Å². The Labute approximate surface area is 151 Å². The van der Waals surface area contributed by atoms with Crippen molar-refractivity contribution in [1.29, 1.82) is 0 Å². The average molecular weight is 277 g/mol. The third-order valence-electron chi connectivity index (χ3n) is 2.75. The number of aromatic carboxylic acids is 1.